The van der Waals surface area contributed by atoms with Gasteiger partial charge >= 0.3 is 0 Å². The summed E-state index contributed by atoms with van der Waals surface area (Å²) in [6, 6.07) is 20.3. The molecule has 1 aliphatic heterocycles. The Morgan fingerprint density at radius 2 is 1.71 bits per heavy atom. The monoisotopic (exact) mass is 614 g/mol. The number of anilines is 1. The van der Waals surface area contributed by atoms with E-state index in [0.29, 0.717) is 40.4 Å². The number of nitrogens with zero attached hydrogens (tertiary/aromatic N) is 1. The second kappa shape index (κ2) is 11.2. The predicted octanol–water partition coefficient (Wildman–Crippen LogP) is 6.02. The molecule has 1 heterocycles. The molecule has 0 radical (unpaired) electrons. The SMILES string of the molecule is CCOc1cc(/C=C2/C(=O)NC(=S)N(c3ccccc3)C2=O)cc(Br)c1OCc1ccc(Br)cc1. The highest BCUT2D eigenvalue weighted by Crippen LogP contribution is 2.38. The van der Waals surface area contributed by atoms with Crippen molar-refractivity contribution in [3.8, 4) is 11.5 Å². The van der Waals surface area contributed by atoms with E-state index in [-0.39, 0.29) is 10.7 Å². The summed E-state index contributed by atoms with van der Waals surface area (Å²) in [6.07, 6.45) is 1.52. The third-order valence-electron chi connectivity index (χ3n) is 5.06. The molecule has 0 aromatic heterocycles. The summed E-state index contributed by atoms with van der Waals surface area (Å²) in [5, 5.41) is 2.63. The third-order valence-corrected chi connectivity index (χ3v) is 6.46. The Kier molecular flexibility index (Phi) is 8.00. The van der Waals surface area contributed by atoms with Crippen molar-refractivity contribution < 1.29 is 19.1 Å². The first-order valence-electron chi connectivity index (χ1n) is 10.7. The molecule has 2 amide bonds. The number of halogens is 2. The number of nitrogens with one attached hydrogen (secondary N) is 1. The topological polar surface area (TPSA) is 67.9 Å². The Hall–Kier alpha value is -3.01. The number of hydrogen-bond donors (Lipinski definition) is 1. The van der Waals surface area contributed by atoms with Crippen LogP contribution in [0, 0.1) is 0 Å². The molecule has 0 bridgehead atoms. The zero-order chi connectivity index (χ0) is 24.9. The predicted molar refractivity (Wildman–Crippen MR) is 146 cm³/mol. The van der Waals surface area contributed by atoms with Crippen molar-refractivity contribution in [2.24, 2.45) is 0 Å². The van der Waals surface area contributed by atoms with Crippen LogP contribution in [0.1, 0.15) is 18.1 Å². The molecular weight excluding hydrogens is 596 g/mol. The molecule has 1 aliphatic rings. The first-order valence-corrected chi connectivity index (χ1v) is 12.7. The number of ether oxygens (including phenoxy) is 2. The maximum Gasteiger partial charge on any atom is 0.270 e. The van der Waals surface area contributed by atoms with E-state index >= 15 is 0 Å². The van der Waals surface area contributed by atoms with E-state index in [2.05, 4.69) is 37.2 Å². The maximum atomic E-state index is 13.2. The van der Waals surface area contributed by atoms with Crippen LogP contribution in [0.5, 0.6) is 11.5 Å². The zero-order valence-corrected chi connectivity index (χ0v) is 22.6. The molecule has 1 N–H and O–H groups in total. The van der Waals surface area contributed by atoms with Gasteiger partial charge in [-0.3, -0.25) is 19.8 Å². The number of benzene rings is 3. The second-order valence-electron chi connectivity index (χ2n) is 7.47. The Morgan fingerprint density at radius 3 is 2.40 bits per heavy atom. The van der Waals surface area contributed by atoms with Gasteiger partial charge in [-0.15, -0.1) is 0 Å². The highest BCUT2D eigenvalue weighted by molar-refractivity contribution is 9.10. The molecule has 3 aromatic rings. The Labute approximate surface area is 225 Å². The van der Waals surface area contributed by atoms with E-state index in [1.165, 1.54) is 11.0 Å². The van der Waals surface area contributed by atoms with E-state index in [0.717, 1.165) is 10.0 Å². The van der Waals surface area contributed by atoms with Gasteiger partial charge in [0.2, 0.25) is 0 Å². The van der Waals surface area contributed by atoms with Gasteiger partial charge in [0.1, 0.15) is 12.2 Å². The van der Waals surface area contributed by atoms with E-state index < -0.39 is 11.8 Å². The fourth-order valence-corrected chi connectivity index (χ4v) is 4.57. The minimum atomic E-state index is -0.558. The number of amides is 2. The highest BCUT2D eigenvalue weighted by atomic mass is 79.9. The normalized spacial score (nSPS) is 14.8. The van der Waals surface area contributed by atoms with Gasteiger partial charge in [-0.1, -0.05) is 46.3 Å². The van der Waals surface area contributed by atoms with Crippen LogP contribution in [0.4, 0.5) is 5.69 Å². The fraction of sp³-hybridized carbons (Fsp3) is 0.115. The van der Waals surface area contributed by atoms with E-state index in [4.69, 9.17) is 21.7 Å². The van der Waals surface area contributed by atoms with Gasteiger partial charge in [0.15, 0.2) is 16.6 Å². The van der Waals surface area contributed by atoms with Crippen LogP contribution in [0.25, 0.3) is 6.08 Å². The highest BCUT2D eigenvalue weighted by Gasteiger charge is 2.34. The minimum Gasteiger partial charge on any atom is -0.490 e. The van der Waals surface area contributed by atoms with Crippen LogP contribution < -0.4 is 19.7 Å². The third kappa shape index (κ3) is 5.80. The summed E-state index contributed by atoms with van der Waals surface area (Å²) < 4.78 is 13.5. The van der Waals surface area contributed by atoms with E-state index in [1.54, 1.807) is 36.4 Å². The average Bonchev–Trinajstić information content (AvgIpc) is 2.83. The first kappa shape index (κ1) is 25.1. The molecule has 0 saturated carbocycles. The molecule has 35 heavy (non-hydrogen) atoms. The summed E-state index contributed by atoms with van der Waals surface area (Å²) in [5.74, 6) is -0.0419. The molecular formula is C26H20Br2N2O4S. The number of rotatable bonds is 7. The minimum absolute atomic E-state index is 0.0382. The number of hydrogen-bond acceptors (Lipinski definition) is 5. The largest absolute Gasteiger partial charge is 0.490 e. The second-order valence-corrected chi connectivity index (χ2v) is 9.63. The lowest BCUT2D eigenvalue weighted by atomic mass is 10.1. The standard InChI is InChI=1S/C26H20Br2N2O4S/c1-2-33-22-14-17(13-21(28)23(22)34-15-16-8-10-18(27)11-9-16)12-20-24(31)29-26(35)30(25(20)32)19-6-4-3-5-7-19/h3-14H,2,15H2,1H3,(H,29,31,35)/b20-12-. The number of carbonyl (C=O) groups excluding carboxylic acids is 2. The lowest BCUT2D eigenvalue weighted by Gasteiger charge is -2.28. The summed E-state index contributed by atoms with van der Waals surface area (Å²) in [7, 11) is 0. The van der Waals surface area contributed by atoms with Gasteiger partial charge in [0.05, 0.1) is 16.8 Å². The molecule has 0 spiro atoms. The van der Waals surface area contributed by atoms with Crippen molar-refractivity contribution in [3.63, 3.8) is 0 Å². The molecule has 0 atom stereocenters. The maximum absolute atomic E-state index is 13.2. The fourth-order valence-electron chi connectivity index (χ4n) is 3.45. The summed E-state index contributed by atoms with van der Waals surface area (Å²) in [6.45, 7) is 2.63. The molecule has 0 unspecified atom stereocenters. The van der Waals surface area contributed by atoms with Crippen molar-refractivity contribution >= 4 is 72.8 Å². The lowest BCUT2D eigenvalue weighted by Crippen LogP contribution is -2.54. The van der Waals surface area contributed by atoms with Crippen molar-refractivity contribution in [1.29, 1.82) is 0 Å². The Balaban J connectivity index is 1.65. The van der Waals surface area contributed by atoms with E-state index in [9.17, 15) is 9.59 Å². The smallest absolute Gasteiger partial charge is 0.270 e. The van der Waals surface area contributed by atoms with Crippen molar-refractivity contribution in [2.45, 2.75) is 13.5 Å². The first-order chi connectivity index (χ1) is 16.9. The van der Waals surface area contributed by atoms with Crippen LogP contribution in [-0.4, -0.2) is 23.5 Å². The van der Waals surface area contributed by atoms with Crippen molar-refractivity contribution in [2.75, 3.05) is 11.5 Å². The van der Waals surface area contributed by atoms with Crippen LogP contribution in [-0.2, 0) is 16.2 Å². The Morgan fingerprint density at radius 1 is 1.00 bits per heavy atom. The van der Waals surface area contributed by atoms with Gasteiger partial charge in [-0.05, 0) is 88.7 Å². The summed E-state index contributed by atoms with van der Waals surface area (Å²) >= 11 is 12.2. The summed E-state index contributed by atoms with van der Waals surface area (Å²) in [4.78, 5) is 27.2. The van der Waals surface area contributed by atoms with Gasteiger partial charge in [-0.25, -0.2) is 0 Å². The van der Waals surface area contributed by atoms with Gasteiger partial charge in [0, 0.05) is 4.47 Å². The summed E-state index contributed by atoms with van der Waals surface area (Å²) in [5.41, 5.74) is 2.12. The quantitative estimate of drug-likeness (QED) is 0.200. The molecule has 0 aliphatic carbocycles. The van der Waals surface area contributed by atoms with Crippen molar-refractivity contribution in [3.05, 3.63) is 92.4 Å². The van der Waals surface area contributed by atoms with Crippen molar-refractivity contribution in [1.82, 2.24) is 5.32 Å². The van der Waals surface area contributed by atoms with E-state index in [1.807, 2.05) is 37.3 Å². The molecule has 3 aromatic carbocycles. The number of carbonyl (C=O) groups is 2. The van der Waals surface area contributed by atoms with Gasteiger partial charge in [0.25, 0.3) is 11.8 Å². The van der Waals surface area contributed by atoms with Crippen LogP contribution >= 0.6 is 44.1 Å². The molecule has 9 heteroatoms. The van der Waals surface area contributed by atoms with Crippen LogP contribution in [0.3, 0.4) is 0 Å². The Bertz CT molecular complexity index is 1310. The lowest BCUT2D eigenvalue weighted by molar-refractivity contribution is -0.122. The van der Waals surface area contributed by atoms with Gasteiger partial charge < -0.3 is 9.47 Å². The number of thiocarbonyl (C=S) groups is 1. The van der Waals surface area contributed by atoms with Crippen LogP contribution in [0.15, 0.2) is 81.2 Å². The molecule has 1 saturated heterocycles. The molecule has 6 nitrogen and oxygen atoms in total. The van der Waals surface area contributed by atoms with Gasteiger partial charge in [-0.2, -0.15) is 0 Å². The molecule has 1 fully saturated rings. The zero-order valence-electron chi connectivity index (χ0n) is 18.6. The molecule has 4 rings (SSSR count). The molecule has 178 valence electrons. The average molecular weight is 616 g/mol. The number of para-hydroxylation sites is 1. The van der Waals surface area contributed by atoms with Crippen LogP contribution in [0.2, 0.25) is 0 Å².